The van der Waals surface area contributed by atoms with Gasteiger partial charge in [-0.05, 0) is 114 Å². The van der Waals surface area contributed by atoms with Gasteiger partial charge in [-0.3, -0.25) is 0 Å². The summed E-state index contributed by atoms with van der Waals surface area (Å²) in [5, 5.41) is 10.6. The lowest BCUT2D eigenvalue weighted by atomic mass is 10.00. The number of nitrogens with zero attached hydrogens (tertiary/aromatic N) is 13. The highest BCUT2D eigenvalue weighted by Crippen LogP contribution is 2.48. The maximum atomic E-state index is 5.38. The smallest absolute Gasteiger partial charge is 0.164 e. The topological polar surface area (TPSA) is 144 Å². The van der Waals surface area contributed by atoms with Crippen molar-refractivity contribution in [2.45, 2.75) is 0 Å². The second kappa shape index (κ2) is 38.2. The Bertz CT molecular complexity index is 9340. The van der Waals surface area contributed by atoms with E-state index in [2.05, 4.69) is 432 Å². The maximum Gasteiger partial charge on any atom is 0.164 e. The second-order valence-corrected chi connectivity index (χ2v) is 36.4. The molecule has 19 aromatic carbocycles. The molecule has 0 aliphatic rings. The number of aromatic nitrogens is 13. The first-order chi connectivity index (χ1) is 72.9. The van der Waals surface area contributed by atoms with Gasteiger partial charge in [0.25, 0.3) is 0 Å². The van der Waals surface area contributed by atoms with Crippen LogP contribution in [0.2, 0.25) is 0 Å². The average Bonchev–Trinajstić information content (AvgIpc) is 1.57. The van der Waals surface area contributed by atoms with E-state index in [9.17, 15) is 0 Å². The molecule has 13 heteroatoms. The van der Waals surface area contributed by atoms with Crippen LogP contribution in [0.1, 0.15) is 0 Å². The fraction of sp³-hybridized carbons (Fsp3) is 0. The molecule has 147 heavy (non-hydrogen) atoms. The number of fused-ring (bicyclic) bond motifs is 15. The number of hydrogen-bond acceptors (Lipinski definition) is 10. The molecule has 0 unspecified atom stereocenters. The largest absolute Gasteiger partial charge is 0.307 e. The summed E-state index contributed by atoms with van der Waals surface area (Å²) in [5.74, 6) is 3.21. The molecule has 9 heterocycles. The van der Waals surface area contributed by atoms with Crippen molar-refractivity contribution in [2.75, 3.05) is 0 Å². The first-order valence-corrected chi connectivity index (χ1v) is 49.3. The van der Waals surface area contributed by atoms with Gasteiger partial charge in [-0.2, -0.15) is 0 Å². The Morgan fingerprint density at radius 1 is 0.129 bits per heavy atom. The van der Waals surface area contributed by atoms with E-state index >= 15 is 0 Å². The standard InChI is InChI=1S/C48H31N5.2C43H28N4/c1-4-15-32(16-5-1)33-27-29-35(30-28-33)47-50-46(34-17-6-2-7-18-34)51-48(52-47)37-20-14-19-36(31-37)44-45-43(39-23-10-12-25-41(39)49-44)40-24-11-13-26-42(40)53(45)38-21-8-3-9-22-38;1-4-15-29(16-5-1)37-28-38(46-43(45-37)30-17-6-2-7-18-30)31-19-14-20-32(27-31)41-42-40(34-23-10-12-25-36(34)44-41)35-24-11-13-26-39(35)47(42)33-21-8-3-9-22-33;1-4-15-29(16-5-1)37-28-38(30-17-6-2-7-18-30)46-43(45-37)32-20-14-19-31(27-32)41-42-40(34-23-10-12-25-36(34)44-41)35-24-11-13-26-39(35)47(42)33-21-8-3-9-22-33/h1-31H;2*1-28H. The van der Waals surface area contributed by atoms with Crippen molar-refractivity contribution in [2.24, 2.45) is 0 Å². The minimum absolute atomic E-state index is 0.600. The van der Waals surface area contributed by atoms with Crippen LogP contribution in [-0.2, 0) is 0 Å². The highest BCUT2D eigenvalue weighted by atomic mass is 15.0. The van der Waals surface area contributed by atoms with E-state index in [1.165, 1.54) is 37.9 Å². The number of hydrogen-bond donors (Lipinski definition) is 0. The Balaban J connectivity index is 0.000000112. The predicted molar refractivity (Wildman–Crippen MR) is 603 cm³/mol. The molecular formula is C134H87N13. The molecule has 28 rings (SSSR count). The van der Waals surface area contributed by atoms with E-state index in [0.29, 0.717) is 29.1 Å². The van der Waals surface area contributed by atoms with E-state index in [1.807, 2.05) is 109 Å². The van der Waals surface area contributed by atoms with Crippen molar-refractivity contribution in [3.05, 3.63) is 528 Å². The molecule has 0 N–H and O–H groups in total. The average molecular weight is 1880 g/mol. The van der Waals surface area contributed by atoms with Gasteiger partial charge >= 0.3 is 0 Å². The van der Waals surface area contributed by atoms with Crippen LogP contribution < -0.4 is 0 Å². The third-order valence-corrected chi connectivity index (χ3v) is 27.4. The van der Waals surface area contributed by atoms with Gasteiger partial charge in [-0.1, -0.05) is 425 Å². The molecule has 28 aromatic rings. The van der Waals surface area contributed by atoms with Gasteiger partial charge in [0.15, 0.2) is 29.1 Å². The van der Waals surface area contributed by atoms with Crippen molar-refractivity contribution in [3.63, 3.8) is 0 Å². The SMILES string of the molecule is c1ccc(-c2cc(-c3cccc(-c4nc5ccccc5c5c6ccccc6n(-c6ccccc6)c45)c3)nc(-c3ccccc3)n2)cc1.c1ccc(-c2cc(-c3ccccc3)nc(-c3cccc(-c4nc5ccccc5c5c6ccccc6n(-c6ccccc6)c45)c3)n2)cc1.c1ccc(-c2ccc(-c3nc(-c4ccccc4)nc(-c4cccc(-c5nc6ccccc6c6c7ccccc7n(-c7ccccc7)c56)c4)n3)cc2)cc1. The summed E-state index contributed by atoms with van der Waals surface area (Å²) in [4.78, 5) is 51.6. The van der Waals surface area contributed by atoms with Crippen LogP contribution in [0.5, 0.6) is 0 Å². The molecule has 0 spiro atoms. The Labute approximate surface area is 847 Å². The van der Waals surface area contributed by atoms with Gasteiger partial charge in [0.1, 0.15) is 0 Å². The van der Waals surface area contributed by atoms with E-state index in [1.54, 1.807) is 0 Å². The lowest BCUT2D eigenvalue weighted by Gasteiger charge is -2.14. The summed E-state index contributed by atoms with van der Waals surface area (Å²) < 4.78 is 7.06. The minimum Gasteiger partial charge on any atom is -0.307 e. The van der Waals surface area contributed by atoms with Crippen molar-refractivity contribution in [3.8, 4) is 164 Å². The molecule has 0 fully saturated rings. The molecule has 0 amide bonds. The summed E-state index contributed by atoms with van der Waals surface area (Å²) in [6.45, 7) is 0. The van der Waals surface area contributed by atoms with Gasteiger partial charge in [0.2, 0.25) is 0 Å². The number of rotatable bonds is 16. The lowest BCUT2D eigenvalue weighted by Crippen LogP contribution is -2.01. The number of pyridine rings is 3. The van der Waals surface area contributed by atoms with Gasteiger partial charge < -0.3 is 13.7 Å². The highest BCUT2D eigenvalue weighted by molar-refractivity contribution is 6.26. The number of benzene rings is 19. The predicted octanol–water partition coefficient (Wildman–Crippen LogP) is 33.4. The summed E-state index contributed by atoms with van der Waals surface area (Å²) in [6, 6.07) is 183. The lowest BCUT2D eigenvalue weighted by molar-refractivity contribution is 1.07. The third kappa shape index (κ3) is 16.6. The molecule has 9 aromatic heterocycles. The van der Waals surface area contributed by atoms with Gasteiger partial charge in [-0.25, -0.2) is 49.8 Å². The second-order valence-electron chi connectivity index (χ2n) is 36.4. The van der Waals surface area contributed by atoms with Crippen molar-refractivity contribution < 1.29 is 0 Å². The zero-order valence-electron chi connectivity index (χ0n) is 79.5. The molecule has 0 saturated heterocycles. The van der Waals surface area contributed by atoms with E-state index < -0.39 is 0 Å². The van der Waals surface area contributed by atoms with E-state index in [0.717, 1.165) is 195 Å². The first-order valence-electron chi connectivity index (χ1n) is 49.3. The normalized spacial score (nSPS) is 11.4. The van der Waals surface area contributed by atoms with Crippen molar-refractivity contribution in [1.82, 2.24) is 63.5 Å². The fourth-order valence-electron chi connectivity index (χ4n) is 20.6. The van der Waals surface area contributed by atoms with Crippen LogP contribution in [0, 0.1) is 0 Å². The van der Waals surface area contributed by atoms with Crippen LogP contribution in [0.25, 0.3) is 262 Å². The van der Waals surface area contributed by atoms with E-state index in [-0.39, 0.29) is 0 Å². The van der Waals surface area contributed by atoms with Gasteiger partial charge in [0, 0.05) is 132 Å². The van der Waals surface area contributed by atoms with Crippen LogP contribution in [0.3, 0.4) is 0 Å². The zero-order valence-corrected chi connectivity index (χ0v) is 79.5. The van der Waals surface area contributed by atoms with Crippen LogP contribution in [-0.4, -0.2) is 63.5 Å². The molecule has 688 valence electrons. The number of para-hydroxylation sites is 9. The van der Waals surface area contributed by atoms with Gasteiger partial charge in [-0.15, -0.1) is 0 Å². The maximum absolute atomic E-state index is 5.38. The van der Waals surface area contributed by atoms with E-state index in [4.69, 9.17) is 49.8 Å². The van der Waals surface area contributed by atoms with Crippen LogP contribution >= 0.6 is 0 Å². The van der Waals surface area contributed by atoms with Crippen LogP contribution in [0.15, 0.2) is 528 Å². The summed E-state index contributed by atoms with van der Waals surface area (Å²) in [6.07, 6.45) is 0. The Morgan fingerprint density at radius 3 is 0.673 bits per heavy atom. The zero-order chi connectivity index (χ0) is 97.5. The molecule has 0 bridgehead atoms. The molecule has 0 saturated carbocycles. The Kier molecular flexibility index (Phi) is 22.7. The summed E-state index contributed by atoms with van der Waals surface area (Å²) in [5.41, 5.74) is 33.2. The van der Waals surface area contributed by atoms with Crippen LogP contribution in [0.4, 0.5) is 0 Å². The minimum atomic E-state index is 0.600. The third-order valence-electron chi connectivity index (χ3n) is 27.4. The Morgan fingerprint density at radius 2 is 0.340 bits per heavy atom. The highest BCUT2D eigenvalue weighted by Gasteiger charge is 2.28. The summed E-state index contributed by atoms with van der Waals surface area (Å²) in [7, 11) is 0. The molecule has 0 radical (unpaired) electrons. The molecule has 0 atom stereocenters. The molecule has 0 aliphatic heterocycles. The monoisotopic (exact) mass is 1880 g/mol. The van der Waals surface area contributed by atoms with Crippen molar-refractivity contribution >= 4 is 98.1 Å². The Hall–Kier alpha value is -20.0. The fourth-order valence-corrected chi connectivity index (χ4v) is 20.6. The first kappa shape index (κ1) is 87.3. The molecule has 0 aliphatic carbocycles. The quantitative estimate of drug-likeness (QED) is 0.0917. The summed E-state index contributed by atoms with van der Waals surface area (Å²) >= 11 is 0. The molecular weight excluding hydrogens is 1790 g/mol. The van der Waals surface area contributed by atoms with Gasteiger partial charge in [0.05, 0.1) is 89.5 Å². The van der Waals surface area contributed by atoms with Crippen molar-refractivity contribution in [1.29, 1.82) is 0 Å². The molecule has 13 nitrogen and oxygen atoms in total.